The molecule has 0 bridgehead atoms. The molecule has 0 N–H and O–H groups in total. The Morgan fingerprint density at radius 2 is 2.00 bits per heavy atom. The van der Waals surface area contributed by atoms with Gasteiger partial charge in [-0.2, -0.15) is 0 Å². The molecular weight excluding hydrogens is 205 g/mol. The number of rotatable bonds is 1. The fourth-order valence-electron chi connectivity index (χ4n) is 1.69. The summed E-state index contributed by atoms with van der Waals surface area (Å²) in [7, 11) is 0. The maximum atomic E-state index is 11.9. The van der Waals surface area contributed by atoms with E-state index in [4.69, 9.17) is 0 Å². The lowest BCUT2D eigenvalue weighted by molar-refractivity contribution is -0.274. The van der Waals surface area contributed by atoms with Gasteiger partial charge in [-0.05, 0) is 36.6 Å². The number of alkyl halides is 3. The molecular formula is C11H9F3O. The molecule has 0 atom stereocenters. The Hall–Kier alpha value is -1.45. The molecule has 4 heteroatoms. The zero-order chi connectivity index (χ0) is 11.1. The van der Waals surface area contributed by atoms with Crippen LogP contribution in [0.4, 0.5) is 13.2 Å². The molecule has 1 aliphatic carbocycles. The van der Waals surface area contributed by atoms with Crippen molar-refractivity contribution in [1.82, 2.24) is 0 Å². The predicted molar refractivity (Wildman–Crippen MR) is 50.5 cm³/mol. The van der Waals surface area contributed by atoms with Crippen molar-refractivity contribution in [3.05, 3.63) is 34.9 Å². The first-order valence-corrected chi connectivity index (χ1v) is 4.50. The Morgan fingerprint density at radius 1 is 1.27 bits per heavy atom. The Morgan fingerprint density at radius 3 is 2.67 bits per heavy atom. The number of hydrogen-bond donors (Lipinski definition) is 0. The molecule has 15 heavy (non-hydrogen) atoms. The van der Waals surface area contributed by atoms with Crippen LogP contribution in [0.15, 0.2) is 23.8 Å². The largest absolute Gasteiger partial charge is 0.573 e. The van der Waals surface area contributed by atoms with Crippen molar-refractivity contribution in [3.8, 4) is 5.75 Å². The van der Waals surface area contributed by atoms with E-state index in [1.807, 2.05) is 13.0 Å². The average Bonchev–Trinajstić information content (AvgIpc) is 2.40. The van der Waals surface area contributed by atoms with E-state index >= 15 is 0 Å². The molecule has 1 nitrogen and oxygen atoms in total. The number of allylic oxidation sites excluding steroid dienone is 1. The van der Waals surface area contributed by atoms with Crippen LogP contribution in [0, 0.1) is 0 Å². The second-order valence-electron chi connectivity index (χ2n) is 3.58. The van der Waals surface area contributed by atoms with Crippen LogP contribution in [0.5, 0.6) is 5.75 Å². The van der Waals surface area contributed by atoms with Gasteiger partial charge in [-0.1, -0.05) is 17.7 Å². The maximum Gasteiger partial charge on any atom is 0.573 e. The lowest BCUT2D eigenvalue weighted by Gasteiger charge is -2.09. The first-order chi connectivity index (χ1) is 6.94. The molecule has 0 fully saturated rings. The van der Waals surface area contributed by atoms with Gasteiger partial charge >= 0.3 is 6.36 Å². The molecule has 0 aromatic heterocycles. The van der Waals surface area contributed by atoms with Gasteiger partial charge in [0.2, 0.25) is 0 Å². The molecule has 0 radical (unpaired) electrons. The van der Waals surface area contributed by atoms with Crippen LogP contribution in [0.25, 0.3) is 6.08 Å². The summed E-state index contributed by atoms with van der Waals surface area (Å²) in [4.78, 5) is 0. The number of halogens is 3. The van der Waals surface area contributed by atoms with Gasteiger partial charge in [0, 0.05) is 0 Å². The van der Waals surface area contributed by atoms with E-state index in [0.717, 1.165) is 16.7 Å². The Bertz CT molecular complexity index is 418. The number of ether oxygens (including phenoxy) is 1. The summed E-state index contributed by atoms with van der Waals surface area (Å²) < 4.78 is 39.6. The van der Waals surface area contributed by atoms with Gasteiger partial charge in [0.25, 0.3) is 0 Å². The molecule has 0 amide bonds. The van der Waals surface area contributed by atoms with Gasteiger partial charge in [-0.15, -0.1) is 13.2 Å². The van der Waals surface area contributed by atoms with Crippen LogP contribution in [0.2, 0.25) is 0 Å². The first kappa shape index (κ1) is 10.1. The maximum absolute atomic E-state index is 11.9. The quantitative estimate of drug-likeness (QED) is 0.694. The standard InChI is InChI=1S/C11H9F3O/c1-7-4-8-2-3-10(6-9(8)5-7)15-11(12,13)14/h2-4,6H,5H2,1H3. The van der Waals surface area contributed by atoms with Crippen molar-refractivity contribution >= 4 is 6.08 Å². The SMILES string of the molecule is CC1=Cc2ccc(OC(F)(F)F)cc2C1. The monoisotopic (exact) mass is 214 g/mol. The minimum Gasteiger partial charge on any atom is -0.406 e. The zero-order valence-corrected chi connectivity index (χ0v) is 8.06. The Balaban J connectivity index is 2.23. The second-order valence-corrected chi connectivity index (χ2v) is 3.58. The van der Waals surface area contributed by atoms with Gasteiger partial charge in [0.05, 0.1) is 0 Å². The van der Waals surface area contributed by atoms with Crippen molar-refractivity contribution in [2.24, 2.45) is 0 Å². The molecule has 1 aromatic carbocycles. The van der Waals surface area contributed by atoms with Crippen molar-refractivity contribution in [2.45, 2.75) is 19.7 Å². The lowest BCUT2D eigenvalue weighted by Crippen LogP contribution is -2.17. The predicted octanol–water partition coefficient (Wildman–Crippen LogP) is 3.54. The van der Waals surface area contributed by atoms with E-state index in [-0.39, 0.29) is 5.75 Å². The van der Waals surface area contributed by atoms with Gasteiger partial charge in [-0.25, -0.2) is 0 Å². The van der Waals surface area contributed by atoms with Gasteiger partial charge in [-0.3, -0.25) is 0 Å². The zero-order valence-electron chi connectivity index (χ0n) is 8.06. The second kappa shape index (κ2) is 3.29. The number of fused-ring (bicyclic) bond motifs is 1. The van der Waals surface area contributed by atoms with Crippen LogP contribution in [0.1, 0.15) is 18.1 Å². The van der Waals surface area contributed by atoms with Gasteiger partial charge in [0.15, 0.2) is 0 Å². The summed E-state index contributed by atoms with van der Waals surface area (Å²) in [5.74, 6) is -0.149. The number of hydrogen-bond acceptors (Lipinski definition) is 1. The summed E-state index contributed by atoms with van der Waals surface area (Å²) in [6.07, 6.45) is -1.95. The van der Waals surface area contributed by atoms with Gasteiger partial charge in [0.1, 0.15) is 5.75 Å². The van der Waals surface area contributed by atoms with E-state index < -0.39 is 6.36 Å². The molecule has 0 saturated carbocycles. The molecule has 1 aliphatic rings. The summed E-state index contributed by atoms with van der Waals surface area (Å²) in [5, 5.41) is 0. The Labute approximate surface area is 85.2 Å². The highest BCUT2D eigenvalue weighted by atomic mass is 19.4. The van der Waals surface area contributed by atoms with Crippen LogP contribution >= 0.6 is 0 Å². The topological polar surface area (TPSA) is 9.23 Å². The van der Waals surface area contributed by atoms with E-state index in [1.54, 1.807) is 6.07 Å². The average molecular weight is 214 g/mol. The van der Waals surface area contributed by atoms with Crippen LogP contribution in [0.3, 0.4) is 0 Å². The van der Waals surface area contributed by atoms with E-state index in [0.29, 0.717) is 6.42 Å². The molecule has 0 spiro atoms. The van der Waals surface area contributed by atoms with E-state index in [2.05, 4.69) is 4.74 Å². The molecule has 2 rings (SSSR count). The normalized spacial score (nSPS) is 14.8. The summed E-state index contributed by atoms with van der Waals surface area (Å²) >= 11 is 0. The Kier molecular flexibility index (Phi) is 2.21. The molecule has 80 valence electrons. The van der Waals surface area contributed by atoms with Crippen LogP contribution in [-0.4, -0.2) is 6.36 Å². The summed E-state index contributed by atoms with van der Waals surface area (Å²) in [6.45, 7) is 1.95. The van der Waals surface area contributed by atoms with Crippen molar-refractivity contribution in [1.29, 1.82) is 0 Å². The molecule has 0 unspecified atom stereocenters. The number of benzene rings is 1. The summed E-state index contributed by atoms with van der Waals surface area (Å²) in [6, 6.07) is 4.42. The van der Waals surface area contributed by atoms with Crippen molar-refractivity contribution in [3.63, 3.8) is 0 Å². The fourth-order valence-corrected chi connectivity index (χ4v) is 1.69. The van der Waals surface area contributed by atoms with Crippen molar-refractivity contribution in [2.75, 3.05) is 0 Å². The fraction of sp³-hybridized carbons (Fsp3) is 0.273. The first-order valence-electron chi connectivity index (χ1n) is 4.50. The highest BCUT2D eigenvalue weighted by Crippen LogP contribution is 2.30. The molecule has 0 aliphatic heterocycles. The third-order valence-corrected chi connectivity index (χ3v) is 2.22. The molecule has 0 saturated heterocycles. The van der Waals surface area contributed by atoms with Crippen LogP contribution in [-0.2, 0) is 6.42 Å². The minimum absolute atomic E-state index is 0.149. The van der Waals surface area contributed by atoms with E-state index in [9.17, 15) is 13.2 Å². The van der Waals surface area contributed by atoms with E-state index in [1.165, 1.54) is 12.1 Å². The highest BCUT2D eigenvalue weighted by Gasteiger charge is 2.31. The third-order valence-electron chi connectivity index (χ3n) is 2.22. The van der Waals surface area contributed by atoms with Gasteiger partial charge < -0.3 is 4.74 Å². The van der Waals surface area contributed by atoms with Crippen molar-refractivity contribution < 1.29 is 17.9 Å². The summed E-state index contributed by atoms with van der Waals surface area (Å²) in [5.41, 5.74) is 3.01. The molecule has 0 heterocycles. The minimum atomic E-state index is -4.62. The smallest absolute Gasteiger partial charge is 0.406 e. The third kappa shape index (κ3) is 2.32. The lowest BCUT2D eigenvalue weighted by atomic mass is 10.1. The highest BCUT2D eigenvalue weighted by molar-refractivity contribution is 5.64. The van der Waals surface area contributed by atoms with Crippen LogP contribution < -0.4 is 4.74 Å². The molecule has 1 aromatic rings.